The van der Waals surface area contributed by atoms with E-state index in [4.69, 9.17) is 0 Å². The van der Waals surface area contributed by atoms with Gasteiger partial charge in [-0.1, -0.05) is 30.3 Å². The number of hydrogen-bond acceptors (Lipinski definition) is 3. The molecule has 3 rings (SSSR count). The number of benzene rings is 1. The van der Waals surface area contributed by atoms with Crippen LogP contribution < -0.4 is 5.32 Å². The van der Waals surface area contributed by atoms with E-state index in [-0.39, 0.29) is 37.2 Å². The van der Waals surface area contributed by atoms with E-state index in [1.165, 1.54) is 51.3 Å². The zero-order chi connectivity index (χ0) is 12.2. The van der Waals surface area contributed by atoms with Crippen LogP contribution in [0.1, 0.15) is 12.0 Å². The Balaban J connectivity index is 0.00000133. The molecule has 122 valence electrons. The van der Waals surface area contributed by atoms with Crippen LogP contribution in [-0.4, -0.2) is 55.1 Å². The molecule has 2 heterocycles. The number of nitrogens with one attached hydrogen (secondary N) is 1. The van der Waals surface area contributed by atoms with E-state index >= 15 is 0 Å². The molecule has 0 radical (unpaired) electrons. The highest BCUT2D eigenvalue weighted by molar-refractivity contribution is 5.86. The lowest BCUT2D eigenvalue weighted by molar-refractivity contribution is 0.0981. The van der Waals surface area contributed by atoms with Crippen LogP contribution in [0.5, 0.6) is 0 Å². The quantitative estimate of drug-likeness (QED) is 0.899. The molecule has 0 aliphatic carbocycles. The van der Waals surface area contributed by atoms with Gasteiger partial charge in [0, 0.05) is 45.3 Å². The summed E-state index contributed by atoms with van der Waals surface area (Å²) >= 11 is 0. The molecule has 1 atom stereocenters. The standard InChI is InChI=1S/C15H23N3.3ClH/c1-2-4-14(5-3-1)13-17-8-10-18(11-9-17)15-6-7-16-12-15;;;/h1-5,15-16H,6-13H2;3*1H/t15-;;;/m1.../s1. The van der Waals surface area contributed by atoms with Gasteiger partial charge in [0.15, 0.2) is 0 Å². The van der Waals surface area contributed by atoms with E-state index in [1.807, 2.05) is 0 Å². The molecule has 3 nitrogen and oxygen atoms in total. The monoisotopic (exact) mass is 353 g/mol. The number of nitrogens with zero attached hydrogens (tertiary/aromatic N) is 2. The highest BCUT2D eigenvalue weighted by Gasteiger charge is 2.25. The normalized spacial score (nSPS) is 22.8. The van der Waals surface area contributed by atoms with Gasteiger partial charge in [-0.3, -0.25) is 9.80 Å². The summed E-state index contributed by atoms with van der Waals surface area (Å²) < 4.78 is 0. The van der Waals surface area contributed by atoms with Gasteiger partial charge >= 0.3 is 0 Å². The van der Waals surface area contributed by atoms with Crippen molar-refractivity contribution in [2.24, 2.45) is 0 Å². The van der Waals surface area contributed by atoms with Gasteiger partial charge in [0.05, 0.1) is 0 Å². The third kappa shape index (κ3) is 5.93. The Hall–Kier alpha value is -0.0300. The van der Waals surface area contributed by atoms with Crippen molar-refractivity contribution < 1.29 is 0 Å². The van der Waals surface area contributed by atoms with Crippen LogP contribution >= 0.6 is 37.2 Å². The second kappa shape index (κ2) is 10.7. The Kier molecular flexibility index (Phi) is 10.6. The first-order chi connectivity index (χ1) is 8.92. The molecule has 1 aromatic carbocycles. The Bertz CT molecular complexity index is 364. The topological polar surface area (TPSA) is 18.5 Å². The molecule has 0 unspecified atom stereocenters. The predicted molar refractivity (Wildman–Crippen MR) is 96.3 cm³/mol. The average Bonchev–Trinajstić information content (AvgIpc) is 2.95. The van der Waals surface area contributed by atoms with Crippen LogP contribution in [0.3, 0.4) is 0 Å². The van der Waals surface area contributed by atoms with Gasteiger partial charge < -0.3 is 5.32 Å². The van der Waals surface area contributed by atoms with Crippen LogP contribution in [-0.2, 0) is 6.54 Å². The van der Waals surface area contributed by atoms with Crippen molar-refractivity contribution in [1.82, 2.24) is 15.1 Å². The summed E-state index contributed by atoms with van der Waals surface area (Å²) in [6.07, 6.45) is 1.33. The summed E-state index contributed by atoms with van der Waals surface area (Å²) in [5, 5.41) is 3.47. The minimum absolute atomic E-state index is 0. The highest BCUT2D eigenvalue weighted by atomic mass is 35.5. The molecular weight excluding hydrogens is 329 g/mol. The molecule has 2 aliphatic rings. The molecule has 0 aromatic heterocycles. The molecule has 0 bridgehead atoms. The Morgan fingerprint density at radius 1 is 0.952 bits per heavy atom. The zero-order valence-electron chi connectivity index (χ0n) is 12.2. The van der Waals surface area contributed by atoms with Crippen LogP contribution in [0.15, 0.2) is 30.3 Å². The summed E-state index contributed by atoms with van der Waals surface area (Å²) in [6.45, 7) is 8.40. The van der Waals surface area contributed by atoms with Crippen LogP contribution in [0.4, 0.5) is 0 Å². The summed E-state index contributed by atoms with van der Waals surface area (Å²) in [5.41, 5.74) is 1.44. The van der Waals surface area contributed by atoms with Crippen molar-refractivity contribution in [3.8, 4) is 0 Å². The number of halogens is 3. The van der Waals surface area contributed by atoms with Crippen LogP contribution in [0.2, 0.25) is 0 Å². The fourth-order valence-corrected chi connectivity index (χ4v) is 3.08. The first kappa shape index (κ1) is 21.0. The molecule has 2 saturated heterocycles. The lowest BCUT2D eigenvalue weighted by Crippen LogP contribution is -2.50. The third-order valence-electron chi connectivity index (χ3n) is 4.21. The zero-order valence-corrected chi connectivity index (χ0v) is 14.7. The molecule has 2 fully saturated rings. The van der Waals surface area contributed by atoms with E-state index in [0.29, 0.717) is 0 Å². The first-order valence-corrected chi connectivity index (χ1v) is 7.13. The minimum Gasteiger partial charge on any atom is -0.315 e. The SMILES string of the molecule is Cl.Cl.Cl.c1ccc(CN2CCN([C@@H]3CCNC3)CC2)cc1. The van der Waals surface area contributed by atoms with Gasteiger partial charge in [-0.05, 0) is 18.5 Å². The van der Waals surface area contributed by atoms with Crippen molar-refractivity contribution >= 4 is 37.2 Å². The number of piperazine rings is 1. The van der Waals surface area contributed by atoms with Crippen LogP contribution in [0.25, 0.3) is 0 Å². The van der Waals surface area contributed by atoms with Crippen molar-refractivity contribution in [2.45, 2.75) is 19.0 Å². The molecule has 2 aliphatic heterocycles. The average molecular weight is 355 g/mol. The second-order valence-electron chi connectivity index (χ2n) is 5.44. The highest BCUT2D eigenvalue weighted by Crippen LogP contribution is 2.13. The minimum atomic E-state index is 0. The van der Waals surface area contributed by atoms with Gasteiger partial charge in [0.2, 0.25) is 0 Å². The number of hydrogen-bond donors (Lipinski definition) is 1. The molecule has 21 heavy (non-hydrogen) atoms. The van der Waals surface area contributed by atoms with Crippen molar-refractivity contribution in [1.29, 1.82) is 0 Å². The van der Waals surface area contributed by atoms with Gasteiger partial charge in [-0.2, -0.15) is 0 Å². The largest absolute Gasteiger partial charge is 0.315 e. The molecular formula is C15H26Cl3N3. The van der Waals surface area contributed by atoms with Crippen molar-refractivity contribution in [2.75, 3.05) is 39.3 Å². The second-order valence-corrected chi connectivity index (χ2v) is 5.44. The molecule has 1 aromatic rings. The molecule has 0 spiro atoms. The van der Waals surface area contributed by atoms with E-state index in [1.54, 1.807) is 0 Å². The summed E-state index contributed by atoms with van der Waals surface area (Å²) in [5.74, 6) is 0. The maximum Gasteiger partial charge on any atom is 0.0234 e. The Labute approximate surface area is 146 Å². The Morgan fingerprint density at radius 3 is 2.19 bits per heavy atom. The first-order valence-electron chi connectivity index (χ1n) is 7.13. The molecule has 0 saturated carbocycles. The van der Waals surface area contributed by atoms with Gasteiger partial charge in [0.1, 0.15) is 0 Å². The van der Waals surface area contributed by atoms with Gasteiger partial charge in [-0.15, -0.1) is 37.2 Å². The van der Waals surface area contributed by atoms with Gasteiger partial charge in [0.25, 0.3) is 0 Å². The smallest absolute Gasteiger partial charge is 0.0234 e. The fourth-order valence-electron chi connectivity index (χ4n) is 3.08. The molecule has 6 heteroatoms. The van der Waals surface area contributed by atoms with Crippen molar-refractivity contribution in [3.63, 3.8) is 0 Å². The molecule has 1 N–H and O–H groups in total. The molecule has 0 amide bonds. The van der Waals surface area contributed by atoms with E-state index in [2.05, 4.69) is 45.4 Å². The van der Waals surface area contributed by atoms with Crippen LogP contribution in [0, 0.1) is 0 Å². The van der Waals surface area contributed by atoms with E-state index in [0.717, 1.165) is 12.6 Å². The van der Waals surface area contributed by atoms with Gasteiger partial charge in [-0.25, -0.2) is 0 Å². The lowest BCUT2D eigenvalue weighted by Gasteiger charge is -2.37. The summed E-state index contributed by atoms with van der Waals surface area (Å²) in [6, 6.07) is 11.6. The van der Waals surface area contributed by atoms with Crippen molar-refractivity contribution in [3.05, 3.63) is 35.9 Å². The fraction of sp³-hybridized carbons (Fsp3) is 0.600. The summed E-state index contributed by atoms with van der Waals surface area (Å²) in [4.78, 5) is 5.25. The lowest BCUT2D eigenvalue weighted by atomic mass is 10.1. The maximum absolute atomic E-state index is 3.47. The third-order valence-corrected chi connectivity index (χ3v) is 4.21. The van der Waals surface area contributed by atoms with E-state index < -0.39 is 0 Å². The number of rotatable bonds is 3. The predicted octanol–water partition coefficient (Wildman–Crippen LogP) is 2.43. The maximum atomic E-state index is 3.47. The summed E-state index contributed by atoms with van der Waals surface area (Å²) in [7, 11) is 0. The Morgan fingerprint density at radius 2 is 1.62 bits per heavy atom. The van der Waals surface area contributed by atoms with E-state index in [9.17, 15) is 0 Å².